The Morgan fingerprint density at radius 1 is 2.00 bits per heavy atom. The molecule has 1 unspecified atom stereocenters. The molecule has 0 aliphatic heterocycles. The van der Waals surface area contributed by atoms with E-state index in [2.05, 4.69) is 0 Å². The summed E-state index contributed by atoms with van der Waals surface area (Å²) >= 11 is 0. The molecule has 0 saturated carbocycles. The van der Waals surface area contributed by atoms with Gasteiger partial charge in [0.05, 0.1) is 0 Å². The molecule has 0 heterocycles. The van der Waals surface area contributed by atoms with Crippen molar-refractivity contribution in [1.29, 1.82) is 0 Å². The summed E-state index contributed by atoms with van der Waals surface area (Å²) in [6.45, 7) is 1.25. The predicted octanol–water partition coefficient (Wildman–Crippen LogP) is -0.0972. The van der Waals surface area contributed by atoms with Gasteiger partial charge in [0.25, 0.3) is 0 Å². The second-order valence-corrected chi connectivity index (χ2v) is 2.27. The van der Waals surface area contributed by atoms with Gasteiger partial charge >= 0.3 is 0 Å². The molecule has 0 aliphatic carbocycles. The fourth-order valence-electron chi connectivity index (χ4n) is 0. The molecule has 3 nitrogen and oxygen atoms in total. The summed E-state index contributed by atoms with van der Waals surface area (Å²) in [5, 5.41) is 8.28. The maximum absolute atomic E-state index is 9.55. The fraction of sp³-hybridized carbons (Fsp3) is 1.00. The molecular weight excluding hydrogens is 101 g/mol. The molecule has 0 aromatic heterocycles. The van der Waals surface area contributed by atoms with Gasteiger partial charge in [-0.2, -0.15) is 0 Å². The minimum Gasteiger partial charge on any atom is -0.366 e. The smallest absolute Gasteiger partial charge is 0.207 e. The number of hydrogen-bond donors (Lipinski definition) is 2. The topological polar surface area (TPSA) is 63.3 Å². The highest BCUT2D eigenvalue weighted by Gasteiger charge is 2.09. The summed E-state index contributed by atoms with van der Waals surface area (Å²) < 4.78 is 9.55. The Hall–Kier alpha value is 0.0200. The van der Waals surface area contributed by atoms with Gasteiger partial charge in [-0.15, -0.1) is 0 Å². The lowest BCUT2D eigenvalue weighted by molar-refractivity contribution is 0.158. The van der Waals surface area contributed by atoms with Crippen molar-refractivity contribution in [3.05, 3.63) is 0 Å². The molecule has 1 atom stereocenters. The first-order valence-corrected chi connectivity index (χ1v) is 2.23. The Morgan fingerprint density at radius 3 is 2.17 bits per heavy atom. The van der Waals surface area contributed by atoms with Crippen LogP contribution in [0.5, 0.6) is 0 Å². The van der Waals surface area contributed by atoms with Crippen molar-refractivity contribution in [1.82, 2.24) is 0 Å². The molecule has 0 bridgehead atoms. The van der Waals surface area contributed by atoms with Crippen LogP contribution in [0.3, 0.4) is 0 Å². The zero-order valence-corrected chi connectivity index (χ0v) is 4.27. The van der Waals surface area contributed by atoms with E-state index in [0.29, 0.717) is 0 Å². The monoisotopic (exact) mass is 107 g/mol. The summed E-state index contributed by atoms with van der Waals surface area (Å²) in [4.78, 5) is 0. The van der Waals surface area contributed by atoms with Gasteiger partial charge in [0, 0.05) is 0 Å². The summed E-state index contributed by atoms with van der Waals surface area (Å²) in [5.74, 6) is 0. The molecule has 0 aromatic carbocycles. The van der Waals surface area contributed by atoms with Crippen LogP contribution >= 0.6 is 8.46 Å². The van der Waals surface area contributed by atoms with Gasteiger partial charge in [-0.1, -0.05) is 0 Å². The average Bonchev–Trinajstić information content (AvgIpc) is 1.35. The first-order valence-electron chi connectivity index (χ1n) is 1.42. The second kappa shape index (κ2) is 1.65. The van der Waals surface area contributed by atoms with E-state index in [-0.39, 0.29) is 0 Å². The zero-order valence-electron chi connectivity index (χ0n) is 3.38. The number of aliphatic hydroxyl groups is 1. The minimum atomic E-state index is -1.54. The molecule has 0 saturated heterocycles. The summed E-state index contributed by atoms with van der Waals surface area (Å²) in [7, 11) is -0.442. The maximum atomic E-state index is 9.55. The summed E-state index contributed by atoms with van der Waals surface area (Å²) in [6, 6.07) is 0. The zero-order chi connectivity index (χ0) is 5.21. The lowest BCUT2D eigenvalue weighted by Gasteiger charge is -2.01. The van der Waals surface area contributed by atoms with Crippen LogP contribution in [0.25, 0.3) is 0 Å². The Bertz CT molecular complexity index is 57.1. The lowest BCUT2D eigenvalue weighted by atomic mass is 10.7. The maximum Gasteiger partial charge on any atom is 0.207 e. The predicted molar refractivity (Wildman–Crippen MR) is 22.4 cm³/mol. The molecule has 6 heavy (non-hydrogen) atoms. The first kappa shape index (κ1) is 6.02. The SMILES string of the molecule is CC(N)(O)P=O. The molecule has 0 aliphatic rings. The van der Waals surface area contributed by atoms with Gasteiger partial charge in [0.1, 0.15) is 0 Å². The molecule has 0 amide bonds. The van der Waals surface area contributed by atoms with E-state index in [1.165, 1.54) is 6.92 Å². The van der Waals surface area contributed by atoms with Crippen LogP contribution in [0.2, 0.25) is 0 Å². The third kappa shape index (κ3) is 4.02. The minimum absolute atomic E-state index is 0.442. The highest BCUT2D eigenvalue weighted by Crippen LogP contribution is 2.08. The van der Waals surface area contributed by atoms with E-state index in [0.717, 1.165) is 0 Å². The molecular formula is C2H6NO2P. The Labute approximate surface area is 37.4 Å². The quantitative estimate of drug-likeness (QED) is 0.363. The van der Waals surface area contributed by atoms with Gasteiger partial charge in [-0.05, 0) is 6.92 Å². The lowest BCUT2D eigenvalue weighted by Crippen LogP contribution is -2.27. The summed E-state index contributed by atoms with van der Waals surface area (Å²) in [6.07, 6.45) is 0. The Kier molecular flexibility index (Phi) is 1.65. The van der Waals surface area contributed by atoms with E-state index in [1.54, 1.807) is 0 Å². The van der Waals surface area contributed by atoms with Crippen LogP contribution < -0.4 is 5.73 Å². The fourth-order valence-corrected chi connectivity index (χ4v) is 0. The third-order valence-corrected chi connectivity index (χ3v) is 0.554. The molecule has 4 heteroatoms. The van der Waals surface area contributed by atoms with Gasteiger partial charge in [0.15, 0.2) is 5.47 Å². The van der Waals surface area contributed by atoms with E-state index in [1.807, 2.05) is 0 Å². The van der Waals surface area contributed by atoms with Gasteiger partial charge in [0.2, 0.25) is 8.46 Å². The molecule has 0 rings (SSSR count). The van der Waals surface area contributed by atoms with Crippen LogP contribution in [-0.4, -0.2) is 10.6 Å². The first-order chi connectivity index (χ1) is 2.56. The average molecular weight is 107 g/mol. The van der Waals surface area contributed by atoms with Crippen molar-refractivity contribution in [2.45, 2.75) is 12.4 Å². The van der Waals surface area contributed by atoms with Crippen LogP contribution in [-0.2, 0) is 4.57 Å². The van der Waals surface area contributed by atoms with E-state index >= 15 is 0 Å². The van der Waals surface area contributed by atoms with Gasteiger partial charge in [-0.3, -0.25) is 10.3 Å². The Balaban J connectivity index is 3.45. The van der Waals surface area contributed by atoms with E-state index in [4.69, 9.17) is 10.8 Å². The molecule has 0 fully saturated rings. The van der Waals surface area contributed by atoms with Crippen LogP contribution in [0, 0.1) is 0 Å². The Morgan fingerprint density at radius 2 is 2.17 bits per heavy atom. The van der Waals surface area contributed by atoms with Crippen LogP contribution in [0.15, 0.2) is 0 Å². The summed E-state index contributed by atoms with van der Waals surface area (Å²) in [5.41, 5.74) is 3.22. The molecule has 0 aromatic rings. The molecule has 36 valence electrons. The molecule has 0 radical (unpaired) electrons. The third-order valence-electron chi connectivity index (χ3n) is 0.185. The van der Waals surface area contributed by atoms with E-state index in [9.17, 15) is 4.57 Å². The number of hydrogen-bond acceptors (Lipinski definition) is 3. The van der Waals surface area contributed by atoms with Crippen molar-refractivity contribution in [3.8, 4) is 0 Å². The highest BCUT2D eigenvalue weighted by atomic mass is 31.1. The largest absolute Gasteiger partial charge is 0.366 e. The molecule has 3 N–H and O–H groups in total. The van der Waals surface area contributed by atoms with Gasteiger partial charge in [-0.25, -0.2) is 0 Å². The van der Waals surface area contributed by atoms with Crippen molar-refractivity contribution >= 4 is 8.46 Å². The normalized spacial score (nSPS) is 20.5. The standard InChI is InChI=1S/C2H6NO2P/c1-2(3,4)6-5/h4H,3H2,1H3. The highest BCUT2D eigenvalue weighted by molar-refractivity contribution is 7.25. The van der Waals surface area contributed by atoms with Crippen molar-refractivity contribution in [3.63, 3.8) is 0 Å². The van der Waals surface area contributed by atoms with Crippen LogP contribution in [0.4, 0.5) is 0 Å². The van der Waals surface area contributed by atoms with Crippen molar-refractivity contribution in [2.24, 2.45) is 5.73 Å². The van der Waals surface area contributed by atoms with Crippen LogP contribution in [0.1, 0.15) is 6.92 Å². The van der Waals surface area contributed by atoms with Crippen molar-refractivity contribution in [2.75, 3.05) is 0 Å². The van der Waals surface area contributed by atoms with E-state index < -0.39 is 13.9 Å². The molecule has 0 spiro atoms. The van der Waals surface area contributed by atoms with Crippen molar-refractivity contribution < 1.29 is 9.67 Å². The number of nitrogens with two attached hydrogens (primary N) is 1. The second-order valence-electron chi connectivity index (χ2n) is 1.19. The van der Waals surface area contributed by atoms with Gasteiger partial charge < -0.3 is 5.11 Å². The number of rotatable bonds is 1.